The molecule has 3 rings (SSSR count). The Bertz CT molecular complexity index is 899. The van der Waals surface area contributed by atoms with Crippen LogP contribution in [-0.4, -0.2) is 28.2 Å². The maximum Gasteiger partial charge on any atom is 0.216 e. The van der Waals surface area contributed by atoms with Crippen LogP contribution in [0.25, 0.3) is 11.4 Å². The molecule has 0 aliphatic carbocycles. The molecule has 0 saturated heterocycles. The number of methoxy groups -OCH3 is 1. The first kappa shape index (κ1) is 15.5. The summed E-state index contributed by atoms with van der Waals surface area (Å²) >= 11 is 11.2. The van der Waals surface area contributed by atoms with Crippen molar-refractivity contribution in [3.05, 3.63) is 63.9 Å². The summed E-state index contributed by atoms with van der Waals surface area (Å²) < 4.78 is 7.14. The molecule has 1 aromatic heterocycles. The maximum atomic E-state index is 5.97. The number of ether oxygens (including phenoxy) is 1. The Kier molecular flexibility index (Phi) is 4.55. The molecule has 5 nitrogen and oxygen atoms in total. The van der Waals surface area contributed by atoms with E-state index in [0.717, 1.165) is 16.9 Å². The normalized spacial score (nSPS) is 11.0. The third kappa shape index (κ3) is 3.49. The Balaban J connectivity index is 1.96. The number of aromatic nitrogens is 3. The van der Waals surface area contributed by atoms with Crippen LogP contribution in [0.1, 0.15) is 5.56 Å². The second-order valence-corrected chi connectivity index (χ2v) is 5.52. The summed E-state index contributed by atoms with van der Waals surface area (Å²) in [5.41, 5.74) is 1.75. The van der Waals surface area contributed by atoms with E-state index in [9.17, 15) is 0 Å². The first-order chi connectivity index (χ1) is 11.2. The topological polar surface area (TPSA) is 55.2 Å². The third-order valence-corrected chi connectivity index (χ3v) is 3.67. The second-order valence-electron chi connectivity index (χ2n) is 4.69. The quantitative estimate of drug-likeness (QED) is 0.571. The van der Waals surface area contributed by atoms with Crippen LogP contribution >= 0.6 is 23.8 Å². The van der Waals surface area contributed by atoms with Crippen molar-refractivity contribution in [2.45, 2.75) is 0 Å². The van der Waals surface area contributed by atoms with Gasteiger partial charge in [-0.05, 0) is 54.2 Å². The van der Waals surface area contributed by atoms with Crippen molar-refractivity contribution in [1.29, 1.82) is 0 Å². The van der Waals surface area contributed by atoms with Crippen molar-refractivity contribution >= 4 is 30.0 Å². The van der Waals surface area contributed by atoms with Crippen LogP contribution in [-0.2, 0) is 0 Å². The first-order valence-electron chi connectivity index (χ1n) is 6.79. The molecular weight excluding hydrogens is 332 g/mol. The van der Waals surface area contributed by atoms with E-state index in [1.807, 2.05) is 48.5 Å². The van der Waals surface area contributed by atoms with E-state index in [1.165, 1.54) is 0 Å². The van der Waals surface area contributed by atoms with Gasteiger partial charge in [0.05, 0.1) is 13.3 Å². The summed E-state index contributed by atoms with van der Waals surface area (Å²) in [6, 6.07) is 14.9. The fraction of sp³-hybridized carbons (Fsp3) is 0.0625. The summed E-state index contributed by atoms with van der Waals surface area (Å²) in [4.78, 5) is 0. The van der Waals surface area contributed by atoms with Crippen LogP contribution in [0.2, 0.25) is 5.02 Å². The minimum Gasteiger partial charge on any atom is -0.497 e. The zero-order chi connectivity index (χ0) is 16.2. The number of benzene rings is 2. The lowest BCUT2D eigenvalue weighted by atomic mass is 10.2. The summed E-state index contributed by atoms with van der Waals surface area (Å²) in [7, 11) is 1.63. The molecule has 0 amide bonds. The molecular formula is C16H13ClN4OS. The van der Waals surface area contributed by atoms with Gasteiger partial charge in [-0.15, -0.1) is 0 Å². The summed E-state index contributed by atoms with van der Waals surface area (Å²) in [5.74, 6) is 1.40. The molecule has 0 radical (unpaired) electrons. The summed E-state index contributed by atoms with van der Waals surface area (Å²) in [5, 5.41) is 12.0. The molecule has 0 spiro atoms. The molecule has 0 fully saturated rings. The Morgan fingerprint density at radius 3 is 2.74 bits per heavy atom. The van der Waals surface area contributed by atoms with Crippen molar-refractivity contribution in [2.24, 2.45) is 5.10 Å². The molecule has 23 heavy (non-hydrogen) atoms. The lowest BCUT2D eigenvalue weighted by molar-refractivity contribution is 0.415. The Morgan fingerprint density at radius 1 is 1.26 bits per heavy atom. The van der Waals surface area contributed by atoms with E-state index in [-0.39, 0.29) is 0 Å². The van der Waals surface area contributed by atoms with Crippen molar-refractivity contribution in [1.82, 2.24) is 14.9 Å². The third-order valence-electron chi connectivity index (χ3n) is 3.17. The van der Waals surface area contributed by atoms with Gasteiger partial charge >= 0.3 is 0 Å². The van der Waals surface area contributed by atoms with Gasteiger partial charge in [-0.2, -0.15) is 14.9 Å². The van der Waals surface area contributed by atoms with Crippen molar-refractivity contribution in [3.8, 4) is 17.1 Å². The van der Waals surface area contributed by atoms with Crippen LogP contribution in [0, 0.1) is 4.77 Å². The van der Waals surface area contributed by atoms with Gasteiger partial charge in [-0.3, -0.25) is 0 Å². The molecule has 0 unspecified atom stereocenters. The SMILES string of the molecule is COc1ccc(-c2n[nH]c(=S)n2/N=C\c2cccc(Cl)c2)cc1. The maximum absolute atomic E-state index is 5.97. The highest BCUT2D eigenvalue weighted by Crippen LogP contribution is 2.20. The Labute approximate surface area is 143 Å². The van der Waals surface area contributed by atoms with E-state index in [2.05, 4.69) is 15.3 Å². The minimum atomic E-state index is 0.411. The highest BCUT2D eigenvalue weighted by atomic mass is 35.5. The van der Waals surface area contributed by atoms with E-state index < -0.39 is 0 Å². The van der Waals surface area contributed by atoms with Crippen molar-refractivity contribution in [2.75, 3.05) is 7.11 Å². The molecule has 0 atom stereocenters. The molecule has 0 aliphatic rings. The number of nitrogens with one attached hydrogen (secondary N) is 1. The molecule has 1 heterocycles. The number of halogens is 1. The van der Waals surface area contributed by atoms with Gasteiger partial charge in [0.25, 0.3) is 0 Å². The molecule has 1 N–H and O–H groups in total. The molecule has 0 bridgehead atoms. The number of H-pyrrole nitrogens is 1. The number of rotatable bonds is 4. The molecule has 2 aromatic carbocycles. The first-order valence-corrected chi connectivity index (χ1v) is 7.58. The average Bonchev–Trinajstić information content (AvgIpc) is 2.94. The van der Waals surface area contributed by atoms with Gasteiger partial charge in [0.15, 0.2) is 5.82 Å². The molecule has 0 saturated carbocycles. The van der Waals surface area contributed by atoms with E-state index in [1.54, 1.807) is 18.0 Å². The monoisotopic (exact) mass is 344 g/mol. The molecule has 3 aromatic rings. The Morgan fingerprint density at radius 2 is 2.04 bits per heavy atom. The van der Waals surface area contributed by atoms with Crippen LogP contribution in [0.3, 0.4) is 0 Å². The lowest BCUT2D eigenvalue weighted by Crippen LogP contribution is -1.95. The average molecular weight is 345 g/mol. The van der Waals surface area contributed by atoms with Gasteiger partial charge in [0.2, 0.25) is 4.77 Å². The van der Waals surface area contributed by atoms with E-state index >= 15 is 0 Å². The number of hydrogen-bond acceptors (Lipinski definition) is 4. The van der Waals surface area contributed by atoms with Crippen LogP contribution in [0.4, 0.5) is 0 Å². The number of aromatic amines is 1. The zero-order valence-corrected chi connectivity index (χ0v) is 13.8. The van der Waals surface area contributed by atoms with Gasteiger partial charge < -0.3 is 4.74 Å². The van der Waals surface area contributed by atoms with Crippen LogP contribution in [0.5, 0.6) is 5.75 Å². The minimum absolute atomic E-state index is 0.411. The predicted molar refractivity (Wildman–Crippen MR) is 93.8 cm³/mol. The van der Waals surface area contributed by atoms with Gasteiger partial charge in [0, 0.05) is 10.6 Å². The summed E-state index contributed by atoms with van der Waals surface area (Å²) in [6.07, 6.45) is 1.68. The standard InChI is InChI=1S/C16H13ClN4OS/c1-22-14-7-5-12(6-8-14)15-19-20-16(23)21(15)18-10-11-3-2-4-13(17)9-11/h2-10H,1H3,(H,20,23)/b18-10-. The smallest absolute Gasteiger partial charge is 0.216 e. The van der Waals surface area contributed by atoms with E-state index in [4.69, 9.17) is 28.6 Å². The molecule has 7 heteroatoms. The highest BCUT2D eigenvalue weighted by molar-refractivity contribution is 7.71. The van der Waals surface area contributed by atoms with Gasteiger partial charge in [-0.1, -0.05) is 23.7 Å². The van der Waals surface area contributed by atoms with Crippen molar-refractivity contribution < 1.29 is 4.74 Å². The largest absolute Gasteiger partial charge is 0.497 e. The predicted octanol–water partition coefficient (Wildman–Crippen LogP) is 4.15. The van der Waals surface area contributed by atoms with Crippen LogP contribution < -0.4 is 4.74 Å². The highest BCUT2D eigenvalue weighted by Gasteiger charge is 2.08. The number of hydrogen-bond donors (Lipinski definition) is 1. The fourth-order valence-electron chi connectivity index (χ4n) is 2.04. The zero-order valence-electron chi connectivity index (χ0n) is 12.2. The Hall–Kier alpha value is -2.44. The van der Waals surface area contributed by atoms with Gasteiger partial charge in [-0.25, -0.2) is 5.10 Å². The summed E-state index contributed by atoms with van der Waals surface area (Å²) in [6.45, 7) is 0. The van der Waals surface area contributed by atoms with Crippen LogP contribution in [0.15, 0.2) is 53.6 Å². The molecule has 0 aliphatic heterocycles. The molecule has 116 valence electrons. The number of nitrogens with zero attached hydrogens (tertiary/aromatic N) is 3. The van der Waals surface area contributed by atoms with Crippen molar-refractivity contribution in [3.63, 3.8) is 0 Å². The second kappa shape index (κ2) is 6.76. The van der Waals surface area contributed by atoms with Gasteiger partial charge in [0.1, 0.15) is 5.75 Å². The van der Waals surface area contributed by atoms with E-state index in [0.29, 0.717) is 15.6 Å². The lowest BCUT2D eigenvalue weighted by Gasteiger charge is -2.03. The fourth-order valence-corrected chi connectivity index (χ4v) is 2.42.